The Kier molecular flexibility index (Phi) is 3.43. The zero-order chi connectivity index (χ0) is 13.3. The average Bonchev–Trinajstić information content (AvgIpc) is 2.65. The first-order chi connectivity index (χ1) is 8.58. The summed E-state index contributed by atoms with van der Waals surface area (Å²) in [5, 5.41) is 0. The van der Waals surface area contributed by atoms with Gasteiger partial charge in [-0.05, 0) is 24.1 Å². The number of rotatable bonds is 3. The van der Waals surface area contributed by atoms with Crippen molar-refractivity contribution < 1.29 is 14.3 Å². The van der Waals surface area contributed by atoms with Gasteiger partial charge in [0.05, 0.1) is 26.3 Å². The van der Waals surface area contributed by atoms with Crippen LogP contribution in [0.5, 0.6) is 11.5 Å². The summed E-state index contributed by atoms with van der Waals surface area (Å²) in [6, 6.07) is 5.27. The van der Waals surface area contributed by atoms with Crippen molar-refractivity contribution in [2.75, 3.05) is 21.3 Å². The van der Waals surface area contributed by atoms with Gasteiger partial charge in [-0.1, -0.05) is 6.07 Å². The monoisotopic (exact) mass is 250 g/mol. The van der Waals surface area contributed by atoms with Gasteiger partial charge in [0.25, 0.3) is 0 Å². The van der Waals surface area contributed by atoms with Gasteiger partial charge in [-0.3, -0.25) is 4.79 Å². The predicted molar refractivity (Wildman–Crippen MR) is 67.6 cm³/mol. The van der Waals surface area contributed by atoms with Crippen LogP contribution in [-0.4, -0.2) is 38.1 Å². The number of nitrogens with two attached hydrogens (primary N) is 1. The van der Waals surface area contributed by atoms with Gasteiger partial charge < -0.3 is 20.1 Å². The first-order valence-corrected chi connectivity index (χ1v) is 5.82. The molecule has 2 N–H and O–H groups in total. The van der Waals surface area contributed by atoms with Gasteiger partial charge in [0.2, 0.25) is 5.91 Å². The summed E-state index contributed by atoms with van der Waals surface area (Å²) < 4.78 is 10.5. The number of carbonyl (C=O) groups is 1. The lowest BCUT2D eigenvalue weighted by Gasteiger charge is -2.21. The highest BCUT2D eigenvalue weighted by Gasteiger charge is 2.35. The fourth-order valence-corrected chi connectivity index (χ4v) is 2.33. The Bertz CT molecular complexity index is 462. The highest BCUT2D eigenvalue weighted by molar-refractivity contribution is 5.84. The predicted octanol–water partition coefficient (Wildman–Crippen LogP) is 0.934. The third-order valence-corrected chi connectivity index (χ3v) is 3.40. The van der Waals surface area contributed by atoms with Gasteiger partial charge in [0.15, 0.2) is 11.5 Å². The van der Waals surface area contributed by atoms with Crippen molar-refractivity contribution in [3.05, 3.63) is 23.8 Å². The van der Waals surface area contributed by atoms with Crippen LogP contribution in [0.3, 0.4) is 0 Å². The zero-order valence-electron chi connectivity index (χ0n) is 10.8. The molecule has 0 aliphatic carbocycles. The second-order valence-electron chi connectivity index (χ2n) is 4.42. The molecule has 1 amide bonds. The number of likely N-dealkylation sites (N-methyl/N-ethyl adjacent to an activating group) is 1. The summed E-state index contributed by atoms with van der Waals surface area (Å²) >= 11 is 0. The van der Waals surface area contributed by atoms with E-state index in [1.807, 2.05) is 18.2 Å². The second kappa shape index (κ2) is 4.86. The molecule has 2 unspecified atom stereocenters. The summed E-state index contributed by atoms with van der Waals surface area (Å²) in [6.45, 7) is 0. The number of carbonyl (C=O) groups excluding carboxylic acids is 1. The van der Waals surface area contributed by atoms with Crippen LogP contribution in [-0.2, 0) is 4.79 Å². The Balaban J connectivity index is 2.32. The molecule has 0 bridgehead atoms. The Morgan fingerprint density at radius 3 is 2.44 bits per heavy atom. The van der Waals surface area contributed by atoms with Crippen molar-refractivity contribution in [2.24, 2.45) is 5.73 Å². The molecule has 5 heteroatoms. The molecule has 1 aliphatic rings. The Morgan fingerprint density at radius 1 is 1.28 bits per heavy atom. The summed E-state index contributed by atoms with van der Waals surface area (Å²) in [4.78, 5) is 13.4. The fraction of sp³-hybridized carbons (Fsp3) is 0.462. The van der Waals surface area contributed by atoms with E-state index in [9.17, 15) is 4.79 Å². The molecular weight excluding hydrogens is 232 g/mol. The van der Waals surface area contributed by atoms with Crippen molar-refractivity contribution in [2.45, 2.75) is 18.5 Å². The number of methoxy groups -OCH3 is 2. The second-order valence-corrected chi connectivity index (χ2v) is 4.42. The molecule has 0 radical (unpaired) electrons. The molecule has 18 heavy (non-hydrogen) atoms. The molecule has 2 atom stereocenters. The highest BCUT2D eigenvalue weighted by atomic mass is 16.5. The average molecular weight is 250 g/mol. The van der Waals surface area contributed by atoms with Crippen molar-refractivity contribution in [3.63, 3.8) is 0 Å². The van der Waals surface area contributed by atoms with E-state index < -0.39 is 6.04 Å². The maximum absolute atomic E-state index is 11.7. The lowest BCUT2D eigenvalue weighted by Crippen LogP contribution is -2.31. The summed E-state index contributed by atoms with van der Waals surface area (Å²) in [6.07, 6.45) is 0.630. The summed E-state index contributed by atoms with van der Waals surface area (Å²) in [5.74, 6) is 1.32. The molecule has 1 saturated heterocycles. The summed E-state index contributed by atoms with van der Waals surface area (Å²) in [7, 11) is 4.96. The van der Waals surface area contributed by atoms with E-state index in [1.165, 1.54) is 0 Å². The maximum Gasteiger partial charge on any atom is 0.239 e. The molecule has 0 saturated carbocycles. The Hall–Kier alpha value is -1.75. The van der Waals surface area contributed by atoms with Gasteiger partial charge >= 0.3 is 0 Å². The van der Waals surface area contributed by atoms with Crippen molar-refractivity contribution in [1.29, 1.82) is 0 Å². The summed E-state index contributed by atoms with van der Waals surface area (Å²) in [5.41, 5.74) is 6.79. The van der Waals surface area contributed by atoms with E-state index in [0.29, 0.717) is 17.9 Å². The lowest BCUT2D eigenvalue weighted by molar-refractivity contribution is -0.128. The fourth-order valence-electron chi connectivity index (χ4n) is 2.33. The van der Waals surface area contributed by atoms with Gasteiger partial charge in [0.1, 0.15) is 0 Å². The molecule has 1 aliphatic heterocycles. The van der Waals surface area contributed by atoms with Crippen LogP contribution >= 0.6 is 0 Å². The number of amides is 1. The Morgan fingerprint density at radius 2 is 1.94 bits per heavy atom. The minimum atomic E-state index is -0.409. The van der Waals surface area contributed by atoms with E-state index in [0.717, 1.165) is 5.56 Å². The molecule has 98 valence electrons. The van der Waals surface area contributed by atoms with E-state index in [4.69, 9.17) is 15.2 Å². The number of benzene rings is 1. The van der Waals surface area contributed by atoms with Crippen LogP contribution in [0.4, 0.5) is 0 Å². The van der Waals surface area contributed by atoms with E-state index in [1.54, 1.807) is 26.2 Å². The molecule has 2 rings (SSSR count). The van der Waals surface area contributed by atoms with E-state index in [-0.39, 0.29) is 11.9 Å². The van der Waals surface area contributed by atoms with Crippen LogP contribution < -0.4 is 15.2 Å². The molecule has 1 aromatic rings. The smallest absolute Gasteiger partial charge is 0.239 e. The molecular formula is C13H18N2O3. The molecule has 0 spiro atoms. The van der Waals surface area contributed by atoms with Crippen molar-refractivity contribution in [1.82, 2.24) is 4.90 Å². The molecule has 1 aromatic carbocycles. The number of hydrogen-bond acceptors (Lipinski definition) is 4. The SMILES string of the molecule is COc1ccc(C2CC(N)C(=O)N2C)cc1OC. The van der Waals surface area contributed by atoms with E-state index in [2.05, 4.69) is 0 Å². The van der Waals surface area contributed by atoms with Gasteiger partial charge in [-0.2, -0.15) is 0 Å². The normalized spacial score (nSPS) is 23.3. The first-order valence-electron chi connectivity index (χ1n) is 5.82. The van der Waals surface area contributed by atoms with Gasteiger partial charge in [-0.15, -0.1) is 0 Å². The van der Waals surface area contributed by atoms with Gasteiger partial charge in [-0.25, -0.2) is 0 Å². The van der Waals surface area contributed by atoms with Crippen LogP contribution in [0.15, 0.2) is 18.2 Å². The van der Waals surface area contributed by atoms with E-state index >= 15 is 0 Å². The van der Waals surface area contributed by atoms with Crippen LogP contribution in [0.1, 0.15) is 18.0 Å². The molecule has 1 heterocycles. The van der Waals surface area contributed by atoms with Crippen LogP contribution in [0, 0.1) is 0 Å². The van der Waals surface area contributed by atoms with Crippen molar-refractivity contribution in [3.8, 4) is 11.5 Å². The quantitative estimate of drug-likeness (QED) is 0.867. The number of likely N-dealkylation sites (tertiary alicyclic amines) is 1. The minimum absolute atomic E-state index is 0.00676. The first kappa shape index (κ1) is 12.7. The van der Waals surface area contributed by atoms with Crippen LogP contribution in [0.25, 0.3) is 0 Å². The third-order valence-electron chi connectivity index (χ3n) is 3.40. The Labute approximate surface area is 106 Å². The zero-order valence-corrected chi connectivity index (χ0v) is 10.8. The largest absolute Gasteiger partial charge is 0.493 e. The number of ether oxygens (including phenoxy) is 2. The third kappa shape index (κ3) is 2.01. The van der Waals surface area contributed by atoms with Gasteiger partial charge in [0, 0.05) is 7.05 Å². The number of hydrogen-bond donors (Lipinski definition) is 1. The van der Waals surface area contributed by atoms with Crippen molar-refractivity contribution >= 4 is 5.91 Å². The lowest BCUT2D eigenvalue weighted by atomic mass is 10.0. The molecule has 0 aromatic heterocycles. The molecule has 1 fully saturated rings. The topological polar surface area (TPSA) is 64.8 Å². The highest BCUT2D eigenvalue weighted by Crippen LogP contribution is 2.36. The van der Waals surface area contributed by atoms with Crippen LogP contribution in [0.2, 0.25) is 0 Å². The maximum atomic E-state index is 11.7. The molecule has 5 nitrogen and oxygen atoms in total. The minimum Gasteiger partial charge on any atom is -0.493 e. The standard InChI is InChI=1S/C13H18N2O3/c1-15-10(7-9(14)13(15)16)8-4-5-11(17-2)12(6-8)18-3/h4-6,9-10H,7,14H2,1-3H3. The number of nitrogens with zero attached hydrogens (tertiary/aromatic N) is 1.